The Bertz CT molecular complexity index is 524. The van der Waals surface area contributed by atoms with E-state index in [0.29, 0.717) is 16.5 Å². The second-order valence-corrected chi connectivity index (χ2v) is 3.49. The van der Waals surface area contributed by atoms with Crippen molar-refractivity contribution in [2.24, 2.45) is 0 Å². The van der Waals surface area contributed by atoms with Gasteiger partial charge < -0.3 is 5.32 Å². The molecule has 2 rings (SSSR count). The first-order valence-electron chi connectivity index (χ1n) is 4.53. The fraction of sp³-hybridized carbons (Fsp3) is 0.111. The fourth-order valence-corrected chi connectivity index (χ4v) is 1.48. The Kier molecular flexibility index (Phi) is 2.86. The lowest BCUT2D eigenvalue weighted by molar-refractivity contribution is -0.114. The smallest absolute Gasteiger partial charge is 0.221 e. The Morgan fingerprint density at radius 2 is 2.19 bits per heavy atom. The van der Waals surface area contributed by atoms with Crippen molar-refractivity contribution in [3.8, 4) is 5.69 Å². The number of benzene rings is 1. The molecule has 0 radical (unpaired) electrons. The van der Waals surface area contributed by atoms with Crippen molar-refractivity contribution >= 4 is 24.2 Å². The van der Waals surface area contributed by atoms with Gasteiger partial charge in [0, 0.05) is 6.92 Å². The van der Waals surface area contributed by atoms with Gasteiger partial charge in [0.2, 0.25) is 11.1 Å². The molecule has 0 bridgehead atoms. The molecule has 0 atom stereocenters. The predicted molar refractivity (Wildman–Crippen MR) is 60.7 cm³/mol. The van der Waals surface area contributed by atoms with Crippen LogP contribution < -0.4 is 5.32 Å². The highest BCUT2D eigenvalue weighted by Gasteiger charge is 2.09. The van der Waals surface area contributed by atoms with E-state index in [9.17, 15) is 4.79 Å². The van der Waals surface area contributed by atoms with E-state index < -0.39 is 0 Å². The number of hydrogen-bond donors (Lipinski definition) is 2. The van der Waals surface area contributed by atoms with Gasteiger partial charge in [0.25, 0.3) is 0 Å². The summed E-state index contributed by atoms with van der Waals surface area (Å²) in [6.07, 6.45) is 0. The topological polar surface area (TPSA) is 72.7 Å². The van der Waals surface area contributed by atoms with Gasteiger partial charge in [-0.1, -0.05) is 12.1 Å². The molecule has 82 valence electrons. The second kappa shape index (κ2) is 4.31. The van der Waals surface area contributed by atoms with Gasteiger partial charge in [-0.25, -0.2) is 0 Å². The van der Waals surface area contributed by atoms with Crippen LogP contribution in [0.2, 0.25) is 0 Å². The summed E-state index contributed by atoms with van der Waals surface area (Å²) in [6, 6.07) is 7.21. The van der Waals surface area contributed by atoms with Crippen LogP contribution in [0.5, 0.6) is 0 Å². The summed E-state index contributed by atoms with van der Waals surface area (Å²) >= 11 is 4.11. The Morgan fingerprint density at radius 3 is 2.81 bits per heavy atom. The Labute approximate surface area is 97.1 Å². The lowest BCUT2D eigenvalue weighted by Gasteiger charge is -2.08. The summed E-state index contributed by atoms with van der Waals surface area (Å²) in [6.45, 7) is 1.44. The van der Waals surface area contributed by atoms with E-state index in [1.807, 2.05) is 12.1 Å². The molecule has 1 heterocycles. The Hall–Kier alpha value is -1.89. The zero-order valence-electron chi connectivity index (χ0n) is 8.45. The first kappa shape index (κ1) is 10.6. The largest absolute Gasteiger partial charge is 0.324 e. The summed E-state index contributed by atoms with van der Waals surface area (Å²) < 4.78 is 1.44. The van der Waals surface area contributed by atoms with Crippen LogP contribution >= 0.6 is 12.6 Å². The molecule has 0 unspecified atom stereocenters. The standard InChI is InChI=1S/C9H9N5OS/c1-6(15)10-7-4-2-3-5-8(7)14-9(16)11-12-13-14/h2-5H,1H3,(H,10,15)(H,11,13,16). The number of hydrogen-bond acceptors (Lipinski definition) is 5. The van der Waals surface area contributed by atoms with Gasteiger partial charge in [0.15, 0.2) is 0 Å². The van der Waals surface area contributed by atoms with Crippen LogP contribution in [0.25, 0.3) is 5.69 Å². The molecule has 1 amide bonds. The minimum absolute atomic E-state index is 0.152. The normalized spacial score (nSPS) is 10.1. The minimum Gasteiger partial charge on any atom is -0.324 e. The maximum absolute atomic E-state index is 11.0. The van der Waals surface area contributed by atoms with Gasteiger partial charge in [-0.2, -0.15) is 4.68 Å². The molecular formula is C9H9N5OS. The predicted octanol–water partition coefficient (Wildman–Crippen LogP) is 0.909. The molecule has 1 aromatic carbocycles. The van der Waals surface area contributed by atoms with Crippen molar-refractivity contribution in [2.75, 3.05) is 5.32 Å². The van der Waals surface area contributed by atoms with Gasteiger partial charge in [0.05, 0.1) is 11.4 Å². The van der Waals surface area contributed by atoms with Crippen LogP contribution in [-0.2, 0) is 4.79 Å². The van der Waals surface area contributed by atoms with Crippen LogP contribution in [0, 0.1) is 0 Å². The first-order valence-corrected chi connectivity index (χ1v) is 4.97. The highest BCUT2D eigenvalue weighted by molar-refractivity contribution is 7.80. The molecule has 2 aromatic rings. The molecule has 0 saturated heterocycles. The van der Waals surface area contributed by atoms with Crippen LogP contribution in [0.1, 0.15) is 6.92 Å². The Morgan fingerprint density at radius 1 is 1.44 bits per heavy atom. The lowest BCUT2D eigenvalue weighted by atomic mass is 10.2. The molecular weight excluding hydrogens is 226 g/mol. The summed E-state index contributed by atoms with van der Waals surface area (Å²) in [5.74, 6) is -0.152. The average molecular weight is 235 g/mol. The zero-order chi connectivity index (χ0) is 11.5. The maximum atomic E-state index is 11.0. The Balaban J connectivity index is 2.48. The number of nitrogens with zero attached hydrogens (tertiary/aromatic N) is 4. The third-order valence-corrected chi connectivity index (χ3v) is 2.17. The van der Waals surface area contributed by atoms with E-state index >= 15 is 0 Å². The van der Waals surface area contributed by atoms with Gasteiger partial charge in [-0.15, -0.1) is 17.7 Å². The van der Waals surface area contributed by atoms with Crippen molar-refractivity contribution in [1.29, 1.82) is 0 Å². The molecule has 0 saturated carbocycles. The molecule has 1 N–H and O–H groups in total. The number of carbonyl (C=O) groups is 1. The number of aromatic nitrogens is 4. The summed E-state index contributed by atoms with van der Waals surface area (Å²) in [5, 5.41) is 14.0. The van der Waals surface area contributed by atoms with E-state index in [0.717, 1.165) is 0 Å². The van der Waals surface area contributed by atoms with Gasteiger partial charge in [-0.05, 0) is 22.6 Å². The first-order chi connectivity index (χ1) is 7.68. The quantitative estimate of drug-likeness (QED) is 0.759. The van der Waals surface area contributed by atoms with Crippen molar-refractivity contribution in [2.45, 2.75) is 12.1 Å². The third-order valence-electron chi connectivity index (χ3n) is 1.90. The van der Waals surface area contributed by atoms with E-state index in [2.05, 4.69) is 33.5 Å². The van der Waals surface area contributed by atoms with Crippen LogP contribution in [0.3, 0.4) is 0 Å². The summed E-state index contributed by atoms with van der Waals surface area (Å²) in [5.41, 5.74) is 1.31. The number of thiol groups is 1. The third kappa shape index (κ3) is 2.03. The molecule has 0 aliphatic rings. The fourth-order valence-electron chi connectivity index (χ4n) is 1.29. The number of para-hydroxylation sites is 2. The van der Waals surface area contributed by atoms with Gasteiger partial charge in [0.1, 0.15) is 0 Å². The van der Waals surface area contributed by atoms with E-state index in [4.69, 9.17) is 0 Å². The lowest BCUT2D eigenvalue weighted by Crippen LogP contribution is -2.10. The molecule has 0 spiro atoms. The molecule has 0 fully saturated rings. The summed E-state index contributed by atoms with van der Waals surface area (Å²) in [7, 11) is 0. The van der Waals surface area contributed by atoms with Crippen molar-refractivity contribution in [1.82, 2.24) is 20.2 Å². The highest BCUT2D eigenvalue weighted by atomic mass is 32.1. The molecule has 0 aliphatic carbocycles. The number of anilines is 1. The number of nitrogens with one attached hydrogen (secondary N) is 1. The SMILES string of the molecule is CC(=O)Nc1ccccc1-n1nnnc1S. The summed E-state index contributed by atoms with van der Waals surface area (Å²) in [4.78, 5) is 11.0. The number of tetrazole rings is 1. The van der Waals surface area contributed by atoms with E-state index in [-0.39, 0.29) is 5.91 Å². The van der Waals surface area contributed by atoms with Crippen LogP contribution in [0.4, 0.5) is 5.69 Å². The highest BCUT2D eigenvalue weighted by Crippen LogP contribution is 2.20. The minimum atomic E-state index is -0.152. The number of carbonyl (C=O) groups excluding carboxylic acids is 1. The van der Waals surface area contributed by atoms with E-state index in [1.165, 1.54) is 11.6 Å². The second-order valence-electron chi connectivity index (χ2n) is 3.09. The monoisotopic (exact) mass is 235 g/mol. The van der Waals surface area contributed by atoms with E-state index in [1.54, 1.807) is 12.1 Å². The molecule has 7 heteroatoms. The number of rotatable bonds is 2. The van der Waals surface area contributed by atoms with Gasteiger partial charge in [-0.3, -0.25) is 4.79 Å². The van der Waals surface area contributed by atoms with Crippen molar-refractivity contribution in [3.63, 3.8) is 0 Å². The van der Waals surface area contributed by atoms with Crippen molar-refractivity contribution < 1.29 is 4.79 Å². The van der Waals surface area contributed by atoms with Crippen LogP contribution in [0.15, 0.2) is 29.4 Å². The zero-order valence-corrected chi connectivity index (χ0v) is 9.35. The van der Waals surface area contributed by atoms with Crippen molar-refractivity contribution in [3.05, 3.63) is 24.3 Å². The molecule has 1 aromatic heterocycles. The number of amides is 1. The molecule has 16 heavy (non-hydrogen) atoms. The maximum Gasteiger partial charge on any atom is 0.221 e. The van der Waals surface area contributed by atoms with Gasteiger partial charge >= 0.3 is 0 Å². The average Bonchev–Trinajstić information content (AvgIpc) is 2.64. The van der Waals surface area contributed by atoms with Crippen LogP contribution in [-0.4, -0.2) is 26.1 Å². The molecule has 0 aliphatic heterocycles. The molecule has 6 nitrogen and oxygen atoms in total.